The highest BCUT2D eigenvalue weighted by Crippen LogP contribution is 2.45. The molecule has 0 fully saturated rings. The first-order valence-electron chi connectivity index (χ1n) is 42.4. The lowest BCUT2D eigenvalue weighted by molar-refractivity contribution is -0.161. The number of allylic oxidation sites excluding steroid dienone is 28. The molecule has 0 aliphatic carbocycles. The van der Waals surface area contributed by atoms with Gasteiger partial charge in [0.05, 0.1) is 26.4 Å². The van der Waals surface area contributed by atoms with Crippen molar-refractivity contribution in [2.24, 2.45) is 0 Å². The van der Waals surface area contributed by atoms with E-state index in [2.05, 4.69) is 167 Å². The van der Waals surface area contributed by atoms with E-state index in [1.165, 1.54) is 83.5 Å². The van der Waals surface area contributed by atoms with E-state index >= 15 is 0 Å². The summed E-state index contributed by atoms with van der Waals surface area (Å²) in [5, 5.41) is 10.7. The van der Waals surface area contributed by atoms with Crippen LogP contribution in [0.1, 0.15) is 323 Å². The van der Waals surface area contributed by atoms with Crippen LogP contribution in [0.3, 0.4) is 0 Å². The lowest BCUT2D eigenvalue weighted by Crippen LogP contribution is -2.30. The van der Waals surface area contributed by atoms with E-state index in [0.717, 1.165) is 148 Å². The van der Waals surface area contributed by atoms with Crippen LogP contribution in [0, 0.1) is 0 Å². The van der Waals surface area contributed by atoms with Crippen molar-refractivity contribution < 1.29 is 80.2 Å². The molecule has 0 aliphatic rings. The van der Waals surface area contributed by atoms with Crippen molar-refractivity contribution in [1.82, 2.24) is 0 Å². The molecule has 626 valence electrons. The van der Waals surface area contributed by atoms with Gasteiger partial charge in [-0.2, -0.15) is 0 Å². The van der Waals surface area contributed by atoms with E-state index in [0.29, 0.717) is 38.5 Å². The van der Waals surface area contributed by atoms with Crippen LogP contribution in [-0.4, -0.2) is 96.7 Å². The predicted molar refractivity (Wildman–Crippen MR) is 454 cm³/mol. The summed E-state index contributed by atoms with van der Waals surface area (Å²) < 4.78 is 68.6. The Morgan fingerprint density at radius 3 is 0.836 bits per heavy atom. The number of carbonyl (C=O) groups excluding carboxylic acids is 4. The van der Waals surface area contributed by atoms with Crippen LogP contribution in [0.5, 0.6) is 0 Å². The topological polar surface area (TPSA) is 237 Å². The number of phosphoric ester groups is 2. The molecule has 0 amide bonds. The van der Waals surface area contributed by atoms with Crippen molar-refractivity contribution in [3.8, 4) is 0 Å². The van der Waals surface area contributed by atoms with Crippen LogP contribution in [0.4, 0.5) is 0 Å². The third-order valence-electron chi connectivity index (χ3n) is 17.2. The minimum absolute atomic E-state index is 0.00677. The van der Waals surface area contributed by atoms with Crippen LogP contribution in [0.25, 0.3) is 0 Å². The molecule has 110 heavy (non-hydrogen) atoms. The van der Waals surface area contributed by atoms with Gasteiger partial charge in [-0.3, -0.25) is 37.3 Å². The first-order chi connectivity index (χ1) is 53.7. The van der Waals surface area contributed by atoms with E-state index in [1.807, 2.05) is 30.4 Å². The zero-order valence-electron chi connectivity index (χ0n) is 68.6. The van der Waals surface area contributed by atoms with Gasteiger partial charge in [0.15, 0.2) is 12.2 Å². The number of hydrogen-bond acceptors (Lipinski definition) is 15. The van der Waals surface area contributed by atoms with E-state index in [1.54, 1.807) is 0 Å². The highest BCUT2D eigenvalue weighted by atomic mass is 31.2. The van der Waals surface area contributed by atoms with Gasteiger partial charge >= 0.3 is 39.5 Å². The molecule has 0 aromatic carbocycles. The first kappa shape index (κ1) is 104. The fourth-order valence-corrected chi connectivity index (χ4v) is 12.4. The zero-order chi connectivity index (χ0) is 80.3. The van der Waals surface area contributed by atoms with Gasteiger partial charge in [-0.15, -0.1) is 0 Å². The molecule has 3 N–H and O–H groups in total. The second-order valence-electron chi connectivity index (χ2n) is 27.7. The molecule has 0 aliphatic heterocycles. The molecule has 0 aromatic heterocycles. The number of rotatable bonds is 78. The smallest absolute Gasteiger partial charge is 0.462 e. The van der Waals surface area contributed by atoms with Crippen LogP contribution in [0.15, 0.2) is 170 Å². The molecule has 17 nitrogen and oxygen atoms in total. The quantitative estimate of drug-likeness (QED) is 0.0169. The van der Waals surface area contributed by atoms with Crippen molar-refractivity contribution in [1.29, 1.82) is 0 Å². The number of phosphoric acid groups is 2. The number of esters is 4. The maximum Gasteiger partial charge on any atom is 0.472 e. The summed E-state index contributed by atoms with van der Waals surface area (Å²) in [4.78, 5) is 73.2. The summed E-state index contributed by atoms with van der Waals surface area (Å²) in [6, 6.07) is 0. The van der Waals surface area contributed by atoms with Gasteiger partial charge in [0.1, 0.15) is 19.3 Å². The van der Waals surface area contributed by atoms with Gasteiger partial charge in [0, 0.05) is 25.7 Å². The molecule has 0 radical (unpaired) electrons. The number of aliphatic hydroxyl groups excluding tert-OH is 1. The molecule has 19 heteroatoms. The number of unbranched alkanes of at least 4 members (excludes halogenated alkanes) is 24. The SMILES string of the molecule is CC/C=C\C/C=C\C/C=C\C/C=C\C/C=C\C/C=C\CCC(=O)OCC(COP(=O)(O)OCC(O)COP(=O)(O)OCC(COC(=O)CCCCCCCC/C=C\C/C=C\C/C=C\CCCCC)OC(=O)CCC/C=C\C/C=C\C/C=C\C/C=C\C/C=C\CC)OC(=O)CCCCCCCCCCCCCCCCC. The molecule has 0 saturated carbocycles. The van der Waals surface area contributed by atoms with Gasteiger partial charge in [0.25, 0.3) is 0 Å². The summed E-state index contributed by atoms with van der Waals surface area (Å²) in [6.45, 7) is 4.48. The first-order valence-corrected chi connectivity index (χ1v) is 45.4. The Morgan fingerprint density at radius 2 is 0.500 bits per heavy atom. The van der Waals surface area contributed by atoms with E-state index in [4.69, 9.17) is 37.0 Å². The van der Waals surface area contributed by atoms with Crippen molar-refractivity contribution in [2.75, 3.05) is 39.6 Å². The Balaban J connectivity index is 5.50. The molecule has 0 rings (SSSR count). The average Bonchev–Trinajstić information content (AvgIpc) is 0.899. The Bertz CT molecular complexity index is 2750. The maximum atomic E-state index is 13.1. The number of aliphatic hydroxyl groups is 1. The van der Waals surface area contributed by atoms with Gasteiger partial charge < -0.3 is 33.8 Å². The second kappa shape index (κ2) is 81.4. The average molecular weight is 1580 g/mol. The Hall–Kier alpha value is -5.58. The van der Waals surface area contributed by atoms with Crippen LogP contribution >= 0.6 is 15.6 Å². The molecule has 0 spiro atoms. The number of hydrogen-bond donors (Lipinski definition) is 3. The van der Waals surface area contributed by atoms with Crippen molar-refractivity contribution >= 4 is 39.5 Å². The van der Waals surface area contributed by atoms with E-state index < -0.39 is 97.5 Å². The van der Waals surface area contributed by atoms with Gasteiger partial charge in [-0.05, 0) is 141 Å². The normalized spacial score (nSPS) is 14.6. The molecule has 0 heterocycles. The molecule has 0 bridgehead atoms. The van der Waals surface area contributed by atoms with E-state index in [-0.39, 0.29) is 25.7 Å². The zero-order valence-corrected chi connectivity index (χ0v) is 70.4. The highest BCUT2D eigenvalue weighted by molar-refractivity contribution is 7.47. The monoisotopic (exact) mass is 1580 g/mol. The molecule has 5 atom stereocenters. The van der Waals surface area contributed by atoms with Gasteiger partial charge in [0.2, 0.25) is 0 Å². The predicted octanol–water partition coefficient (Wildman–Crippen LogP) is 25.3. The molecular formula is C91H150O17P2. The summed E-state index contributed by atoms with van der Waals surface area (Å²) in [6.07, 6.45) is 97.7. The Labute approximate surface area is 667 Å². The number of ether oxygens (including phenoxy) is 4. The minimum atomic E-state index is -5.01. The third-order valence-corrected chi connectivity index (χ3v) is 19.1. The van der Waals surface area contributed by atoms with Crippen LogP contribution < -0.4 is 0 Å². The number of carbonyl (C=O) groups is 4. The fourth-order valence-electron chi connectivity index (χ4n) is 10.8. The van der Waals surface area contributed by atoms with Crippen LogP contribution in [0.2, 0.25) is 0 Å². The van der Waals surface area contributed by atoms with E-state index in [9.17, 15) is 43.2 Å². The molecular weight excluding hydrogens is 1430 g/mol. The lowest BCUT2D eigenvalue weighted by atomic mass is 10.0. The van der Waals surface area contributed by atoms with Gasteiger partial charge in [-0.25, -0.2) is 9.13 Å². The summed E-state index contributed by atoms with van der Waals surface area (Å²) in [5.41, 5.74) is 0. The molecule has 0 aromatic rings. The summed E-state index contributed by atoms with van der Waals surface area (Å²) in [5.74, 6) is -2.36. The van der Waals surface area contributed by atoms with Crippen molar-refractivity contribution in [3.05, 3.63) is 170 Å². The largest absolute Gasteiger partial charge is 0.472 e. The fraction of sp³-hybridized carbons (Fsp3) is 0.648. The summed E-state index contributed by atoms with van der Waals surface area (Å²) >= 11 is 0. The highest BCUT2D eigenvalue weighted by Gasteiger charge is 2.30. The third kappa shape index (κ3) is 80.5. The lowest BCUT2D eigenvalue weighted by Gasteiger charge is -2.21. The Kier molecular flexibility index (Phi) is 77.3. The molecule has 5 unspecified atom stereocenters. The maximum absolute atomic E-state index is 13.1. The van der Waals surface area contributed by atoms with Crippen molar-refractivity contribution in [2.45, 2.75) is 341 Å². The molecule has 0 saturated heterocycles. The van der Waals surface area contributed by atoms with Gasteiger partial charge in [-0.1, -0.05) is 326 Å². The standard InChI is InChI=1S/C91H150O17P2/c1-5-9-13-17-21-25-29-33-37-40-42-45-48-51-55-59-63-67-71-75-88(93)101-81-86(107-90(95)77-73-69-65-61-57-53-47-36-32-28-24-20-16-12-8-4)83-105-109(97,98)103-79-85(92)80-104-110(99,100)106-84-87(108-91(96)78-74-70-66-62-58-54-50-44-39-35-31-27-23-19-15-11-7-3)82-102-89(94)76-72-68-64-60-56-52-49-46-43-41-38-34-30-26-22-18-14-10-6-2/h9,11,13,15,21-23,25-27,33-35,37-39,42-43,45-46,50-51,54-55,62-63,66-67,85-87,92H,5-8,10,12,14,16-20,24,28-32,36,40-41,44,47-49,52-53,56-61,64-65,68-84H2,1-4H3,(H,97,98)(H,99,100)/b13-9-,15-11-,25-21-,26-22-,27-23-,37-33-,38-34-,39-35-,45-42-,46-43-,54-50-,55-51-,66-62-,67-63-. The van der Waals surface area contributed by atoms with Crippen molar-refractivity contribution in [3.63, 3.8) is 0 Å². The second-order valence-corrected chi connectivity index (χ2v) is 30.6. The minimum Gasteiger partial charge on any atom is -0.462 e. The Morgan fingerprint density at radius 1 is 0.264 bits per heavy atom. The van der Waals surface area contributed by atoms with Crippen LogP contribution in [-0.2, 0) is 65.4 Å². The summed E-state index contributed by atoms with van der Waals surface area (Å²) in [7, 11) is -10.0.